The van der Waals surface area contributed by atoms with Gasteiger partial charge in [-0.05, 0) is 38.1 Å². The van der Waals surface area contributed by atoms with Crippen molar-refractivity contribution in [2.24, 2.45) is 5.92 Å². The van der Waals surface area contributed by atoms with Crippen molar-refractivity contribution < 1.29 is 0 Å². The minimum Gasteiger partial charge on any atom is -0.301 e. The first-order valence-electron chi connectivity index (χ1n) is 6.19. The van der Waals surface area contributed by atoms with E-state index in [9.17, 15) is 0 Å². The number of nitrogens with one attached hydrogen (secondary N) is 1. The van der Waals surface area contributed by atoms with Crippen LogP contribution in [0, 0.1) is 17.2 Å². The van der Waals surface area contributed by atoms with E-state index in [0.717, 1.165) is 19.0 Å². The highest BCUT2D eigenvalue weighted by Crippen LogP contribution is 2.29. The largest absolute Gasteiger partial charge is 0.301 e. The van der Waals surface area contributed by atoms with Crippen LogP contribution in [0.5, 0.6) is 0 Å². The maximum atomic E-state index is 9.06. The van der Waals surface area contributed by atoms with Gasteiger partial charge in [0, 0.05) is 19.1 Å². The van der Waals surface area contributed by atoms with Crippen LogP contribution in [0.25, 0.3) is 0 Å². The summed E-state index contributed by atoms with van der Waals surface area (Å²) in [6, 6.07) is 3.05. The third-order valence-electron chi connectivity index (χ3n) is 3.27. The van der Waals surface area contributed by atoms with Crippen molar-refractivity contribution >= 4 is 0 Å². The van der Waals surface area contributed by atoms with Gasteiger partial charge in [0.05, 0.1) is 6.07 Å². The van der Waals surface area contributed by atoms with E-state index in [1.807, 2.05) is 0 Å². The molecule has 1 atom stereocenters. The molecule has 0 radical (unpaired) electrons. The quantitative estimate of drug-likeness (QED) is 0.685. The summed E-state index contributed by atoms with van der Waals surface area (Å²) in [6.45, 7) is 5.36. The van der Waals surface area contributed by atoms with Gasteiger partial charge < -0.3 is 4.90 Å². The Labute approximate surface area is 92.4 Å². The molecule has 2 aliphatic rings. The molecule has 0 bridgehead atoms. The van der Waals surface area contributed by atoms with Gasteiger partial charge in [-0.2, -0.15) is 5.26 Å². The molecule has 0 aliphatic heterocycles. The molecule has 1 N–H and O–H groups in total. The number of hydrogen-bond acceptors (Lipinski definition) is 3. The average Bonchev–Trinajstić information content (AvgIpc) is 3.10. The van der Waals surface area contributed by atoms with Crippen LogP contribution < -0.4 is 5.32 Å². The highest BCUT2D eigenvalue weighted by molar-refractivity contribution is 4.97. The van der Waals surface area contributed by atoms with Gasteiger partial charge in [0.2, 0.25) is 0 Å². The van der Waals surface area contributed by atoms with E-state index in [0.29, 0.717) is 6.04 Å². The third-order valence-corrected chi connectivity index (χ3v) is 3.27. The molecule has 3 heteroatoms. The van der Waals surface area contributed by atoms with E-state index in [-0.39, 0.29) is 6.04 Å². The predicted octanol–water partition coefficient (Wildman–Crippen LogP) is 1.36. The van der Waals surface area contributed by atoms with Crippen LogP contribution in [0.4, 0.5) is 0 Å². The first-order valence-corrected chi connectivity index (χ1v) is 6.19. The molecule has 0 aromatic carbocycles. The Balaban J connectivity index is 1.71. The average molecular weight is 207 g/mol. The van der Waals surface area contributed by atoms with Gasteiger partial charge in [0.15, 0.2) is 0 Å². The lowest BCUT2D eigenvalue weighted by molar-refractivity contribution is 0.259. The topological polar surface area (TPSA) is 39.1 Å². The predicted molar refractivity (Wildman–Crippen MR) is 60.4 cm³/mol. The highest BCUT2D eigenvalue weighted by Gasteiger charge is 2.27. The van der Waals surface area contributed by atoms with Gasteiger partial charge in [-0.3, -0.25) is 5.32 Å². The lowest BCUT2D eigenvalue weighted by Gasteiger charge is -2.23. The minimum absolute atomic E-state index is 0.0381. The Morgan fingerprint density at radius 2 is 2.13 bits per heavy atom. The van der Waals surface area contributed by atoms with Gasteiger partial charge in [-0.15, -0.1) is 0 Å². The molecule has 0 aromatic heterocycles. The van der Waals surface area contributed by atoms with Crippen LogP contribution in [0.15, 0.2) is 0 Å². The van der Waals surface area contributed by atoms with Crippen LogP contribution in [0.1, 0.15) is 32.6 Å². The van der Waals surface area contributed by atoms with Crippen LogP contribution in [0.3, 0.4) is 0 Å². The van der Waals surface area contributed by atoms with Gasteiger partial charge >= 0.3 is 0 Å². The number of nitrogens with zero attached hydrogens (tertiary/aromatic N) is 2. The van der Waals surface area contributed by atoms with Gasteiger partial charge in [-0.25, -0.2) is 0 Å². The summed E-state index contributed by atoms with van der Waals surface area (Å²) in [4.78, 5) is 2.42. The SMILES string of the molecule is CCN(CC1CC1)CC(C#N)NC1CC1. The zero-order valence-electron chi connectivity index (χ0n) is 9.58. The summed E-state index contributed by atoms with van der Waals surface area (Å²) < 4.78 is 0. The lowest BCUT2D eigenvalue weighted by atomic mass is 10.2. The van der Waals surface area contributed by atoms with Crippen molar-refractivity contribution in [3.05, 3.63) is 0 Å². The van der Waals surface area contributed by atoms with Crippen molar-refractivity contribution in [1.82, 2.24) is 10.2 Å². The maximum Gasteiger partial charge on any atom is 0.108 e. The van der Waals surface area contributed by atoms with Crippen molar-refractivity contribution in [3.8, 4) is 6.07 Å². The zero-order valence-corrected chi connectivity index (χ0v) is 9.58. The Morgan fingerprint density at radius 1 is 1.40 bits per heavy atom. The molecule has 84 valence electrons. The summed E-state index contributed by atoms with van der Waals surface area (Å²) in [6.07, 6.45) is 5.30. The maximum absolute atomic E-state index is 9.06. The standard InChI is InChI=1S/C12H21N3/c1-2-15(8-10-3-4-10)9-12(7-13)14-11-5-6-11/h10-12,14H,2-6,8-9H2,1H3. The molecule has 1 unspecified atom stereocenters. The molecule has 3 nitrogen and oxygen atoms in total. The Bertz CT molecular complexity index is 238. The van der Waals surface area contributed by atoms with Gasteiger partial charge in [-0.1, -0.05) is 6.92 Å². The van der Waals surface area contributed by atoms with E-state index in [1.54, 1.807) is 0 Å². The summed E-state index contributed by atoms with van der Waals surface area (Å²) in [5.74, 6) is 0.921. The lowest BCUT2D eigenvalue weighted by Crippen LogP contribution is -2.41. The van der Waals surface area contributed by atoms with Crippen LogP contribution in [-0.4, -0.2) is 36.6 Å². The molecular formula is C12H21N3. The Kier molecular flexibility index (Phi) is 3.61. The van der Waals surface area contributed by atoms with Crippen LogP contribution in [-0.2, 0) is 0 Å². The van der Waals surface area contributed by atoms with Crippen molar-refractivity contribution in [3.63, 3.8) is 0 Å². The molecule has 2 fully saturated rings. The smallest absolute Gasteiger partial charge is 0.108 e. The van der Waals surface area contributed by atoms with Gasteiger partial charge in [0.1, 0.15) is 6.04 Å². The van der Waals surface area contributed by atoms with Crippen molar-refractivity contribution in [2.75, 3.05) is 19.6 Å². The normalized spacial score (nSPS) is 22.7. The molecule has 2 aliphatic carbocycles. The molecule has 15 heavy (non-hydrogen) atoms. The summed E-state index contributed by atoms with van der Waals surface area (Å²) in [5.41, 5.74) is 0. The number of hydrogen-bond donors (Lipinski definition) is 1. The second kappa shape index (κ2) is 4.96. The van der Waals surface area contributed by atoms with E-state index in [1.165, 1.54) is 32.2 Å². The van der Waals surface area contributed by atoms with E-state index in [4.69, 9.17) is 5.26 Å². The zero-order chi connectivity index (χ0) is 10.7. The molecule has 2 saturated carbocycles. The second-order valence-corrected chi connectivity index (χ2v) is 4.92. The minimum atomic E-state index is 0.0381. The Hall–Kier alpha value is -0.590. The Morgan fingerprint density at radius 3 is 2.60 bits per heavy atom. The van der Waals surface area contributed by atoms with Crippen LogP contribution >= 0.6 is 0 Å². The first-order chi connectivity index (χ1) is 7.31. The number of nitriles is 1. The molecule has 0 spiro atoms. The highest BCUT2D eigenvalue weighted by atomic mass is 15.2. The van der Waals surface area contributed by atoms with E-state index >= 15 is 0 Å². The fourth-order valence-electron chi connectivity index (χ4n) is 1.92. The van der Waals surface area contributed by atoms with Crippen molar-refractivity contribution in [2.45, 2.75) is 44.7 Å². The summed E-state index contributed by atoms with van der Waals surface area (Å²) >= 11 is 0. The van der Waals surface area contributed by atoms with E-state index in [2.05, 4.69) is 23.2 Å². The molecule has 0 heterocycles. The molecule has 0 aromatic rings. The third kappa shape index (κ3) is 3.81. The van der Waals surface area contributed by atoms with E-state index < -0.39 is 0 Å². The fraction of sp³-hybridized carbons (Fsp3) is 0.917. The van der Waals surface area contributed by atoms with Crippen molar-refractivity contribution in [1.29, 1.82) is 5.26 Å². The second-order valence-electron chi connectivity index (χ2n) is 4.92. The molecule has 0 amide bonds. The monoisotopic (exact) mass is 207 g/mol. The fourth-order valence-corrected chi connectivity index (χ4v) is 1.92. The molecular weight excluding hydrogens is 186 g/mol. The summed E-state index contributed by atoms with van der Waals surface area (Å²) in [7, 11) is 0. The molecule has 2 rings (SSSR count). The van der Waals surface area contributed by atoms with Crippen LogP contribution in [0.2, 0.25) is 0 Å². The molecule has 0 saturated heterocycles. The first kappa shape index (κ1) is 10.9. The number of rotatable bonds is 7. The number of likely N-dealkylation sites (N-methyl/N-ethyl adjacent to an activating group) is 1. The summed E-state index contributed by atoms with van der Waals surface area (Å²) in [5, 5.41) is 12.5. The van der Waals surface area contributed by atoms with Gasteiger partial charge in [0.25, 0.3) is 0 Å².